The molecule has 0 aliphatic carbocycles. The van der Waals surface area contributed by atoms with Gasteiger partial charge in [-0.1, -0.05) is 63.2 Å². The fraction of sp³-hybridized carbons (Fsp3) is 0.364. The Balaban J connectivity index is 2.15. The van der Waals surface area contributed by atoms with Crippen LogP contribution in [0, 0.1) is 19.3 Å². The standard InChI is InChI=1S/C22H28N2/c1-17-9-6-7-11-20(17)15-23-24-16-21-18(2)10-8-12-19(21)13-14-22(3,4)5/h6-12,15-16H,13-14H2,1-5H3/b23-15+,24-16+. The van der Waals surface area contributed by atoms with E-state index in [2.05, 4.69) is 75.2 Å². The molecule has 0 amide bonds. The van der Waals surface area contributed by atoms with Crippen molar-refractivity contribution in [2.24, 2.45) is 15.6 Å². The van der Waals surface area contributed by atoms with Gasteiger partial charge in [0.25, 0.3) is 0 Å². The molecule has 2 rings (SSSR count). The summed E-state index contributed by atoms with van der Waals surface area (Å²) in [6.45, 7) is 11.1. The van der Waals surface area contributed by atoms with E-state index in [4.69, 9.17) is 0 Å². The summed E-state index contributed by atoms with van der Waals surface area (Å²) in [6.07, 6.45) is 5.93. The third kappa shape index (κ3) is 5.45. The van der Waals surface area contributed by atoms with Crippen molar-refractivity contribution >= 4 is 12.4 Å². The van der Waals surface area contributed by atoms with E-state index in [0.29, 0.717) is 5.41 Å². The van der Waals surface area contributed by atoms with E-state index in [0.717, 1.165) is 18.4 Å². The Morgan fingerprint density at radius 1 is 0.833 bits per heavy atom. The molecule has 0 N–H and O–H groups in total. The molecule has 0 aliphatic heterocycles. The van der Waals surface area contributed by atoms with E-state index in [1.165, 1.54) is 22.3 Å². The summed E-state index contributed by atoms with van der Waals surface area (Å²) in [7, 11) is 0. The molecule has 2 heteroatoms. The minimum absolute atomic E-state index is 0.334. The molecule has 0 heterocycles. The second-order valence-corrected chi connectivity index (χ2v) is 7.55. The van der Waals surface area contributed by atoms with Crippen molar-refractivity contribution in [1.29, 1.82) is 0 Å². The molecule has 2 aromatic carbocycles. The van der Waals surface area contributed by atoms with Gasteiger partial charge in [-0.3, -0.25) is 0 Å². The Kier molecular flexibility index (Phi) is 6.08. The maximum atomic E-state index is 4.29. The maximum Gasteiger partial charge on any atom is 0.0573 e. The Hall–Kier alpha value is -2.22. The van der Waals surface area contributed by atoms with Crippen LogP contribution in [0.4, 0.5) is 0 Å². The zero-order valence-corrected chi connectivity index (χ0v) is 15.5. The van der Waals surface area contributed by atoms with Gasteiger partial charge in [0.1, 0.15) is 0 Å². The lowest BCUT2D eigenvalue weighted by Crippen LogP contribution is -2.08. The van der Waals surface area contributed by atoms with Crippen LogP contribution in [-0.4, -0.2) is 12.4 Å². The predicted molar refractivity (Wildman–Crippen MR) is 105 cm³/mol. The van der Waals surface area contributed by atoms with Crippen molar-refractivity contribution < 1.29 is 0 Å². The molecule has 126 valence electrons. The summed E-state index contributed by atoms with van der Waals surface area (Å²) in [5.41, 5.74) is 6.44. The van der Waals surface area contributed by atoms with Crippen molar-refractivity contribution in [3.63, 3.8) is 0 Å². The van der Waals surface area contributed by atoms with Crippen LogP contribution in [0.15, 0.2) is 52.7 Å². The molecule has 0 aliphatic rings. The first-order chi connectivity index (χ1) is 11.4. The minimum Gasteiger partial charge on any atom is -0.159 e. The highest BCUT2D eigenvalue weighted by Crippen LogP contribution is 2.23. The average molecular weight is 320 g/mol. The zero-order chi connectivity index (χ0) is 17.6. The first-order valence-electron chi connectivity index (χ1n) is 8.57. The zero-order valence-electron chi connectivity index (χ0n) is 15.5. The Labute approximate surface area is 146 Å². The van der Waals surface area contributed by atoms with Crippen molar-refractivity contribution in [2.75, 3.05) is 0 Å². The number of hydrogen-bond donors (Lipinski definition) is 0. The lowest BCUT2D eigenvalue weighted by atomic mass is 9.87. The molecule has 0 fully saturated rings. The lowest BCUT2D eigenvalue weighted by molar-refractivity contribution is 0.378. The topological polar surface area (TPSA) is 24.7 Å². The number of hydrogen-bond acceptors (Lipinski definition) is 2. The summed E-state index contributed by atoms with van der Waals surface area (Å²) >= 11 is 0. The first-order valence-corrected chi connectivity index (χ1v) is 8.57. The van der Waals surface area contributed by atoms with Gasteiger partial charge in [-0.2, -0.15) is 10.2 Å². The second kappa shape index (κ2) is 8.05. The molecule has 0 aromatic heterocycles. The highest BCUT2D eigenvalue weighted by molar-refractivity contribution is 5.85. The van der Waals surface area contributed by atoms with Crippen LogP contribution >= 0.6 is 0 Å². The normalized spacial score (nSPS) is 12.4. The molecule has 0 atom stereocenters. The number of benzene rings is 2. The van der Waals surface area contributed by atoms with Gasteiger partial charge >= 0.3 is 0 Å². The molecular formula is C22H28N2. The quantitative estimate of drug-likeness (QED) is 0.496. The largest absolute Gasteiger partial charge is 0.159 e. The van der Waals surface area contributed by atoms with Crippen LogP contribution in [0.25, 0.3) is 0 Å². The third-order valence-corrected chi connectivity index (χ3v) is 4.20. The van der Waals surface area contributed by atoms with Gasteiger partial charge < -0.3 is 0 Å². The van der Waals surface area contributed by atoms with Gasteiger partial charge in [-0.15, -0.1) is 0 Å². The second-order valence-electron chi connectivity index (χ2n) is 7.55. The Bertz CT molecular complexity index is 734. The average Bonchev–Trinajstić information content (AvgIpc) is 2.52. The molecule has 2 nitrogen and oxygen atoms in total. The van der Waals surface area contributed by atoms with Gasteiger partial charge in [-0.05, 0) is 54.4 Å². The maximum absolute atomic E-state index is 4.29. The third-order valence-electron chi connectivity index (χ3n) is 4.20. The highest BCUT2D eigenvalue weighted by atomic mass is 15.2. The van der Waals surface area contributed by atoms with E-state index in [1.54, 1.807) is 0 Å². The SMILES string of the molecule is Cc1ccccc1/C=N/N=C/c1c(C)cccc1CCC(C)(C)C. The molecule has 0 radical (unpaired) electrons. The van der Waals surface area contributed by atoms with Crippen molar-refractivity contribution in [1.82, 2.24) is 0 Å². The monoisotopic (exact) mass is 320 g/mol. The molecule has 24 heavy (non-hydrogen) atoms. The van der Waals surface area contributed by atoms with E-state index < -0.39 is 0 Å². The molecule has 2 aromatic rings. The van der Waals surface area contributed by atoms with Crippen molar-refractivity contribution in [2.45, 2.75) is 47.5 Å². The molecular weight excluding hydrogens is 292 g/mol. The summed E-state index contributed by atoms with van der Waals surface area (Å²) in [5.74, 6) is 0. The van der Waals surface area contributed by atoms with E-state index in [9.17, 15) is 0 Å². The fourth-order valence-corrected chi connectivity index (χ4v) is 2.57. The van der Waals surface area contributed by atoms with Crippen molar-refractivity contribution in [3.8, 4) is 0 Å². The Morgan fingerprint density at radius 2 is 1.50 bits per heavy atom. The molecule has 0 spiro atoms. The lowest BCUT2D eigenvalue weighted by Gasteiger charge is -2.19. The van der Waals surface area contributed by atoms with Crippen LogP contribution in [0.1, 0.15) is 55.0 Å². The number of rotatable bonds is 5. The molecule has 0 unspecified atom stereocenters. The first kappa shape index (κ1) is 18.1. The Morgan fingerprint density at radius 3 is 2.21 bits per heavy atom. The van der Waals surface area contributed by atoms with Crippen LogP contribution in [0.2, 0.25) is 0 Å². The van der Waals surface area contributed by atoms with Gasteiger partial charge in [0.05, 0.1) is 12.4 Å². The van der Waals surface area contributed by atoms with E-state index in [1.807, 2.05) is 24.6 Å². The predicted octanol–water partition coefficient (Wildman–Crippen LogP) is 5.74. The van der Waals surface area contributed by atoms with Gasteiger partial charge in [0, 0.05) is 5.56 Å². The van der Waals surface area contributed by atoms with Gasteiger partial charge in [-0.25, -0.2) is 0 Å². The van der Waals surface area contributed by atoms with Crippen LogP contribution in [-0.2, 0) is 6.42 Å². The number of aryl methyl sites for hydroxylation is 3. The van der Waals surface area contributed by atoms with Gasteiger partial charge in [0.2, 0.25) is 0 Å². The summed E-state index contributed by atoms with van der Waals surface area (Å²) in [4.78, 5) is 0. The minimum atomic E-state index is 0.334. The molecule has 0 saturated heterocycles. The summed E-state index contributed by atoms with van der Waals surface area (Å²) in [6, 6.07) is 14.6. The van der Waals surface area contributed by atoms with Crippen molar-refractivity contribution in [3.05, 3.63) is 70.3 Å². The van der Waals surface area contributed by atoms with Gasteiger partial charge in [0.15, 0.2) is 0 Å². The number of nitrogens with zero attached hydrogens (tertiary/aromatic N) is 2. The molecule has 0 saturated carbocycles. The van der Waals surface area contributed by atoms with Crippen LogP contribution in [0.5, 0.6) is 0 Å². The summed E-state index contributed by atoms with van der Waals surface area (Å²) < 4.78 is 0. The van der Waals surface area contributed by atoms with E-state index in [-0.39, 0.29) is 0 Å². The molecule has 0 bridgehead atoms. The van der Waals surface area contributed by atoms with E-state index >= 15 is 0 Å². The fourth-order valence-electron chi connectivity index (χ4n) is 2.57. The highest BCUT2D eigenvalue weighted by Gasteiger charge is 2.12. The van der Waals surface area contributed by atoms with Crippen LogP contribution in [0.3, 0.4) is 0 Å². The smallest absolute Gasteiger partial charge is 0.0573 e. The summed E-state index contributed by atoms with van der Waals surface area (Å²) in [5, 5.41) is 8.52. The van der Waals surface area contributed by atoms with Crippen LogP contribution < -0.4 is 0 Å².